The van der Waals surface area contributed by atoms with E-state index >= 15 is 0 Å². The molecule has 0 atom stereocenters. The maximum Gasteiger partial charge on any atom is 0.243 e. The second-order valence-electron chi connectivity index (χ2n) is 6.68. The van der Waals surface area contributed by atoms with Crippen molar-refractivity contribution >= 4 is 32.8 Å². The summed E-state index contributed by atoms with van der Waals surface area (Å²) in [5.41, 5.74) is 1.72. The molecule has 0 unspecified atom stereocenters. The zero-order valence-corrected chi connectivity index (χ0v) is 18.6. The Morgan fingerprint density at radius 1 is 1.18 bits per heavy atom. The normalized spacial score (nSPS) is 16.3. The molecular formula is C19H30N4O3S2. The minimum atomic E-state index is -3.48. The van der Waals surface area contributed by atoms with Gasteiger partial charge in [0.1, 0.15) is 0 Å². The highest BCUT2D eigenvalue weighted by Gasteiger charge is 2.23. The zero-order valence-electron chi connectivity index (χ0n) is 16.9. The summed E-state index contributed by atoms with van der Waals surface area (Å²) in [6.45, 7) is 12.1. The Morgan fingerprint density at radius 2 is 1.89 bits per heavy atom. The molecule has 1 saturated heterocycles. The van der Waals surface area contributed by atoms with E-state index in [9.17, 15) is 8.42 Å². The highest BCUT2D eigenvalue weighted by atomic mass is 32.2. The molecule has 0 N–H and O–H groups in total. The number of aromatic nitrogens is 2. The molecule has 0 aliphatic carbocycles. The molecule has 0 spiro atoms. The fourth-order valence-corrected chi connectivity index (χ4v) is 6.02. The summed E-state index contributed by atoms with van der Waals surface area (Å²) in [4.78, 5) is 7.47. The van der Waals surface area contributed by atoms with Crippen LogP contribution in [0.2, 0.25) is 0 Å². The summed E-state index contributed by atoms with van der Waals surface area (Å²) in [5.74, 6) is 0.952. The van der Waals surface area contributed by atoms with E-state index in [-0.39, 0.29) is 0 Å². The van der Waals surface area contributed by atoms with Crippen LogP contribution in [0.1, 0.15) is 20.8 Å². The van der Waals surface area contributed by atoms with E-state index in [2.05, 4.69) is 16.4 Å². The number of fused-ring (bicyclic) bond motifs is 1. The number of morpholine rings is 1. The van der Waals surface area contributed by atoms with E-state index in [1.54, 1.807) is 23.9 Å². The van der Waals surface area contributed by atoms with E-state index in [1.165, 1.54) is 4.31 Å². The van der Waals surface area contributed by atoms with E-state index < -0.39 is 10.0 Å². The van der Waals surface area contributed by atoms with E-state index in [0.717, 1.165) is 61.3 Å². The SMILES string of the molecule is CCN(CC)S(=O)(=O)c1ccc2c(c1)nc(SCCN1CCOCC1)n2CC. The molecule has 0 amide bonds. The van der Waals surface area contributed by atoms with Crippen LogP contribution in [0.4, 0.5) is 0 Å². The van der Waals surface area contributed by atoms with Crippen molar-refractivity contribution in [3.05, 3.63) is 18.2 Å². The second-order valence-corrected chi connectivity index (χ2v) is 9.68. The summed E-state index contributed by atoms with van der Waals surface area (Å²) in [6.07, 6.45) is 0. The number of nitrogens with zero attached hydrogens (tertiary/aromatic N) is 4. The maximum absolute atomic E-state index is 12.8. The lowest BCUT2D eigenvalue weighted by Crippen LogP contribution is -2.37. The van der Waals surface area contributed by atoms with Crippen LogP contribution in [0.5, 0.6) is 0 Å². The van der Waals surface area contributed by atoms with Gasteiger partial charge in [0.25, 0.3) is 0 Å². The summed E-state index contributed by atoms with van der Waals surface area (Å²) in [6, 6.07) is 5.29. The summed E-state index contributed by atoms with van der Waals surface area (Å²) in [7, 11) is -3.48. The van der Waals surface area contributed by atoms with Crippen LogP contribution in [0.15, 0.2) is 28.3 Å². The van der Waals surface area contributed by atoms with Gasteiger partial charge in [-0.3, -0.25) is 4.90 Å². The number of hydrogen-bond donors (Lipinski definition) is 0. The standard InChI is InChI=1S/C19H30N4O3S2/c1-4-22(5-2)28(24,25)16-7-8-18-17(15-16)20-19(23(18)6-3)27-14-11-21-9-12-26-13-10-21/h7-8,15H,4-6,9-14H2,1-3H3. The van der Waals surface area contributed by atoms with Crippen molar-refractivity contribution in [3.8, 4) is 0 Å². The molecule has 3 rings (SSSR count). The summed E-state index contributed by atoms with van der Waals surface area (Å²) < 4.78 is 34.7. The van der Waals surface area contributed by atoms with Crippen LogP contribution in [-0.2, 0) is 21.3 Å². The zero-order chi connectivity index (χ0) is 20.1. The minimum absolute atomic E-state index is 0.314. The molecule has 1 aromatic heterocycles. The highest BCUT2D eigenvalue weighted by Crippen LogP contribution is 2.27. The van der Waals surface area contributed by atoms with Crippen molar-refractivity contribution in [1.82, 2.24) is 18.8 Å². The largest absolute Gasteiger partial charge is 0.379 e. The summed E-state index contributed by atoms with van der Waals surface area (Å²) in [5, 5.41) is 0.947. The molecule has 2 aromatic rings. The molecule has 156 valence electrons. The lowest BCUT2D eigenvalue weighted by Gasteiger charge is -2.26. The molecule has 1 aromatic carbocycles. The van der Waals surface area contributed by atoms with Gasteiger partial charge in [-0.1, -0.05) is 25.6 Å². The molecule has 0 radical (unpaired) electrons. The quantitative estimate of drug-likeness (QED) is 0.574. The van der Waals surface area contributed by atoms with Crippen LogP contribution < -0.4 is 0 Å². The Bertz CT molecular complexity index is 888. The number of aryl methyl sites for hydroxylation is 1. The van der Waals surface area contributed by atoms with Crippen LogP contribution >= 0.6 is 11.8 Å². The third kappa shape index (κ3) is 4.54. The van der Waals surface area contributed by atoms with Gasteiger partial charge in [-0.2, -0.15) is 4.31 Å². The van der Waals surface area contributed by atoms with Crippen molar-refractivity contribution in [2.24, 2.45) is 0 Å². The average Bonchev–Trinajstić information content (AvgIpc) is 3.06. The van der Waals surface area contributed by atoms with Crippen molar-refractivity contribution in [3.63, 3.8) is 0 Å². The third-order valence-electron chi connectivity index (χ3n) is 5.09. The molecule has 0 saturated carbocycles. The molecule has 0 bridgehead atoms. The maximum atomic E-state index is 12.8. The van der Waals surface area contributed by atoms with Crippen molar-refractivity contribution in [1.29, 1.82) is 0 Å². The minimum Gasteiger partial charge on any atom is -0.379 e. The first-order valence-electron chi connectivity index (χ1n) is 9.94. The molecule has 1 fully saturated rings. The Morgan fingerprint density at radius 3 is 2.54 bits per heavy atom. The van der Waals surface area contributed by atoms with Gasteiger partial charge < -0.3 is 9.30 Å². The van der Waals surface area contributed by atoms with Gasteiger partial charge in [0.15, 0.2) is 5.16 Å². The van der Waals surface area contributed by atoms with E-state index in [4.69, 9.17) is 9.72 Å². The number of hydrogen-bond acceptors (Lipinski definition) is 6. The van der Waals surface area contributed by atoms with Gasteiger partial charge in [-0.15, -0.1) is 0 Å². The van der Waals surface area contributed by atoms with Crippen molar-refractivity contribution in [2.75, 3.05) is 51.7 Å². The lowest BCUT2D eigenvalue weighted by atomic mass is 10.3. The monoisotopic (exact) mass is 426 g/mol. The second kappa shape index (κ2) is 9.58. The van der Waals surface area contributed by atoms with Crippen molar-refractivity contribution < 1.29 is 13.2 Å². The molecule has 28 heavy (non-hydrogen) atoms. The highest BCUT2D eigenvalue weighted by molar-refractivity contribution is 7.99. The van der Waals surface area contributed by atoms with Gasteiger partial charge >= 0.3 is 0 Å². The van der Waals surface area contributed by atoms with Gasteiger partial charge in [0.05, 0.1) is 29.1 Å². The predicted molar refractivity (Wildman–Crippen MR) is 113 cm³/mol. The number of thioether (sulfide) groups is 1. The van der Waals surface area contributed by atoms with E-state index in [1.807, 2.05) is 19.9 Å². The number of imidazole rings is 1. The molecule has 1 aliphatic heterocycles. The van der Waals surface area contributed by atoms with Gasteiger partial charge in [-0.05, 0) is 25.1 Å². The van der Waals surface area contributed by atoms with Gasteiger partial charge in [0, 0.05) is 45.0 Å². The van der Waals surface area contributed by atoms with Crippen LogP contribution in [-0.4, -0.2) is 78.9 Å². The van der Waals surface area contributed by atoms with Crippen molar-refractivity contribution in [2.45, 2.75) is 37.4 Å². The smallest absolute Gasteiger partial charge is 0.243 e. The molecular weight excluding hydrogens is 396 g/mol. The number of sulfonamides is 1. The Hall–Kier alpha value is -1.13. The molecule has 9 heteroatoms. The van der Waals surface area contributed by atoms with Crippen LogP contribution in [0.3, 0.4) is 0 Å². The first kappa shape index (κ1) is 21.6. The van der Waals surface area contributed by atoms with Crippen LogP contribution in [0.25, 0.3) is 11.0 Å². The van der Waals surface area contributed by atoms with Gasteiger partial charge in [0.2, 0.25) is 10.0 Å². The number of rotatable bonds is 9. The van der Waals surface area contributed by atoms with Gasteiger partial charge in [-0.25, -0.2) is 13.4 Å². The Labute approximate surface area is 172 Å². The topological polar surface area (TPSA) is 67.7 Å². The first-order valence-corrected chi connectivity index (χ1v) is 12.4. The Kier molecular flexibility index (Phi) is 7.38. The fourth-order valence-electron chi connectivity index (χ4n) is 3.47. The average molecular weight is 427 g/mol. The number of benzene rings is 1. The molecule has 2 heterocycles. The fraction of sp³-hybridized carbons (Fsp3) is 0.632. The first-order chi connectivity index (χ1) is 13.5. The number of ether oxygens (including phenoxy) is 1. The third-order valence-corrected chi connectivity index (χ3v) is 8.09. The predicted octanol–water partition coefficient (Wildman–Crippen LogP) is 2.51. The van der Waals surface area contributed by atoms with E-state index in [0.29, 0.717) is 18.0 Å². The van der Waals surface area contributed by atoms with Crippen LogP contribution in [0, 0.1) is 0 Å². The summed E-state index contributed by atoms with van der Waals surface area (Å²) >= 11 is 1.73. The lowest BCUT2D eigenvalue weighted by molar-refractivity contribution is 0.0410. The molecule has 7 nitrogen and oxygen atoms in total. The molecule has 1 aliphatic rings. The Balaban J connectivity index is 1.80.